The Bertz CT molecular complexity index is 590. The molecule has 1 fully saturated rings. The van der Waals surface area contributed by atoms with E-state index < -0.39 is 0 Å². The van der Waals surface area contributed by atoms with Gasteiger partial charge in [-0.1, -0.05) is 0 Å². The SMILES string of the molecule is Cc1cc(NC[C@@H](C)n2cncn2)nc(N2CCCCC2)n1. The number of rotatable bonds is 5. The first-order valence-electron chi connectivity index (χ1n) is 7.91. The maximum atomic E-state index is 4.67. The Kier molecular flexibility index (Phi) is 4.50. The first-order valence-corrected chi connectivity index (χ1v) is 7.91. The number of hydrogen-bond donors (Lipinski definition) is 1. The summed E-state index contributed by atoms with van der Waals surface area (Å²) >= 11 is 0. The van der Waals surface area contributed by atoms with Crippen LogP contribution in [0, 0.1) is 6.92 Å². The van der Waals surface area contributed by atoms with Crippen LogP contribution in [0.2, 0.25) is 0 Å². The molecule has 0 aromatic carbocycles. The second-order valence-corrected chi connectivity index (χ2v) is 5.85. The lowest BCUT2D eigenvalue weighted by atomic mass is 10.1. The van der Waals surface area contributed by atoms with Crippen molar-refractivity contribution in [3.63, 3.8) is 0 Å². The van der Waals surface area contributed by atoms with Crippen LogP contribution in [-0.2, 0) is 0 Å². The van der Waals surface area contributed by atoms with Gasteiger partial charge in [0.2, 0.25) is 5.95 Å². The molecule has 7 heteroatoms. The van der Waals surface area contributed by atoms with Gasteiger partial charge in [0.15, 0.2) is 0 Å². The molecule has 1 aliphatic heterocycles. The maximum Gasteiger partial charge on any atom is 0.227 e. The van der Waals surface area contributed by atoms with Crippen molar-refractivity contribution in [3.8, 4) is 0 Å². The molecule has 1 N–H and O–H groups in total. The van der Waals surface area contributed by atoms with Gasteiger partial charge in [-0.25, -0.2) is 14.6 Å². The lowest BCUT2D eigenvalue weighted by molar-refractivity contribution is 0.510. The molecule has 0 aliphatic carbocycles. The van der Waals surface area contributed by atoms with Crippen LogP contribution in [0.5, 0.6) is 0 Å². The average molecular weight is 301 g/mol. The highest BCUT2D eigenvalue weighted by molar-refractivity contribution is 5.43. The number of nitrogens with one attached hydrogen (secondary N) is 1. The van der Waals surface area contributed by atoms with Crippen LogP contribution < -0.4 is 10.2 Å². The molecule has 1 atom stereocenters. The first-order chi connectivity index (χ1) is 10.7. The van der Waals surface area contributed by atoms with Gasteiger partial charge < -0.3 is 10.2 Å². The Morgan fingerprint density at radius 1 is 1.23 bits per heavy atom. The van der Waals surface area contributed by atoms with Gasteiger partial charge in [-0.05, 0) is 33.1 Å². The van der Waals surface area contributed by atoms with Crippen molar-refractivity contribution >= 4 is 11.8 Å². The number of hydrogen-bond acceptors (Lipinski definition) is 6. The topological polar surface area (TPSA) is 71.8 Å². The van der Waals surface area contributed by atoms with E-state index in [1.807, 2.05) is 17.7 Å². The summed E-state index contributed by atoms with van der Waals surface area (Å²) in [6.07, 6.45) is 7.05. The van der Waals surface area contributed by atoms with E-state index in [-0.39, 0.29) is 6.04 Å². The highest BCUT2D eigenvalue weighted by Crippen LogP contribution is 2.18. The summed E-state index contributed by atoms with van der Waals surface area (Å²) in [7, 11) is 0. The number of piperidine rings is 1. The third-order valence-corrected chi connectivity index (χ3v) is 3.95. The van der Waals surface area contributed by atoms with E-state index in [9.17, 15) is 0 Å². The minimum absolute atomic E-state index is 0.219. The molecule has 118 valence electrons. The Labute approximate surface area is 130 Å². The summed E-state index contributed by atoms with van der Waals surface area (Å²) in [5.41, 5.74) is 0.992. The fourth-order valence-corrected chi connectivity index (χ4v) is 2.67. The number of nitrogens with zero attached hydrogens (tertiary/aromatic N) is 6. The average Bonchev–Trinajstić information content (AvgIpc) is 3.07. The van der Waals surface area contributed by atoms with E-state index in [4.69, 9.17) is 0 Å². The van der Waals surface area contributed by atoms with Gasteiger partial charge in [-0.3, -0.25) is 0 Å². The highest BCUT2D eigenvalue weighted by Gasteiger charge is 2.15. The monoisotopic (exact) mass is 301 g/mol. The summed E-state index contributed by atoms with van der Waals surface area (Å²) < 4.78 is 1.84. The molecular weight excluding hydrogens is 278 g/mol. The maximum absolute atomic E-state index is 4.67. The summed E-state index contributed by atoms with van der Waals surface area (Å²) in [4.78, 5) is 15.5. The summed E-state index contributed by atoms with van der Waals surface area (Å²) in [6, 6.07) is 2.21. The predicted molar refractivity (Wildman–Crippen MR) is 86.1 cm³/mol. The fourth-order valence-electron chi connectivity index (χ4n) is 2.67. The molecule has 1 aliphatic rings. The minimum Gasteiger partial charge on any atom is -0.368 e. The van der Waals surface area contributed by atoms with Crippen LogP contribution in [0.4, 0.5) is 11.8 Å². The number of aryl methyl sites for hydroxylation is 1. The van der Waals surface area contributed by atoms with Crippen molar-refractivity contribution in [3.05, 3.63) is 24.4 Å². The standard InChI is InChI=1S/C15H23N7/c1-12-8-14(17-9-13(2)22-11-16-10-18-22)20-15(19-12)21-6-4-3-5-7-21/h8,10-11,13H,3-7,9H2,1-2H3,(H,17,19,20)/t13-/m1/s1. The van der Waals surface area contributed by atoms with Crippen molar-refractivity contribution in [2.45, 2.75) is 39.2 Å². The lowest BCUT2D eigenvalue weighted by Gasteiger charge is -2.27. The van der Waals surface area contributed by atoms with Crippen molar-refractivity contribution < 1.29 is 0 Å². The molecule has 3 heterocycles. The van der Waals surface area contributed by atoms with Gasteiger partial charge in [0.25, 0.3) is 0 Å². The van der Waals surface area contributed by atoms with E-state index in [1.165, 1.54) is 19.3 Å². The van der Waals surface area contributed by atoms with Crippen molar-refractivity contribution in [2.24, 2.45) is 0 Å². The summed E-state index contributed by atoms with van der Waals surface area (Å²) in [6.45, 7) is 6.97. The van der Waals surface area contributed by atoms with Gasteiger partial charge in [-0.2, -0.15) is 10.1 Å². The quantitative estimate of drug-likeness (QED) is 0.911. The fraction of sp³-hybridized carbons (Fsp3) is 0.600. The molecule has 22 heavy (non-hydrogen) atoms. The van der Waals surface area contributed by atoms with Crippen LogP contribution in [0.3, 0.4) is 0 Å². The van der Waals surface area contributed by atoms with E-state index in [0.717, 1.165) is 37.1 Å². The largest absolute Gasteiger partial charge is 0.368 e. The minimum atomic E-state index is 0.219. The first kappa shape index (κ1) is 14.7. The normalized spacial score (nSPS) is 16.5. The van der Waals surface area contributed by atoms with Gasteiger partial charge in [0.05, 0.1) is 6.04 Å². The second-order valence-electron chi connectivity index (χ2n) is 5.85. The smallest absolute Gasteiger partial charge is 0.227 e. The van der Waals surface area contributed by atoms with Crippen LogP contribution >= 0.6 is 0 Å². The number of aromatic nitrogens is 5. The molecule has 3 rings (SSSR count). The molecule has 0 spiro atoms. The Morgan fingerprint density at radius 3 is 2.77 bits per heavy atom. The Hall–Kier alpha value is -2.18. The summed E-state index contributed by atoms with van der Waals surface area (Å²) in [5.74, 6) is 1.72. The van der Waals surface area contributed by atoms with E-state index >= 15 is 0 Å². The zero-order valence-electron chi connectivity index (χ0n) is 13.2. The predicted octanol–water partition coefficient (Wildman–Crippen LogP) is 2.04. The molecule has 0 amide bonds. The third kappa shape index (κ3) is 3.52. The molecule has 0 bridgehead atoms. The molecule has 0 saturated carbocycles. The lowest BCUT2D eigenvalue weighted by Crippen LogP contribution is -2.31. The van der Waals surface area contributed by atoms with Gasteiger partial charge in [0, 0.05) is 31.4 Å². The third-order valence-electron chi connectivity index (χ3n) is 3.95. The van der Waals surface area contributed by atoms with Crippen LogP contribution in [-0.4, -0.2) is 44.4 Å². The van der Waals surface area contributed by atoms with E-state index in [0.29, 0.717) is 0 Å². The van der Waals surface area contributed by atoms with Gasteiger partial charge in [0.1, 0.15) is 18.5 Å². The summed E-state index contributed by atoms with van der Waals surface area (Å²) in [5, 5.41) is 7.55. The Morgan fingerprint density at radius 2 is 2.05 bits per heavy atom. The van der Waals surface area contributed by atoms with Gasteiger partial charge >= 0.3 is 0 Å². The van der Waals surface area contributed by atoms with Gasteiger partial charge in [-0.15, -0.1) is 0 Å². The van der Waals surface area contributed by atoms with Crippen molar-refractivity contribution in [1.29, 1.82) is 0 Å². The van der Waals surface area contributed by atoms with Crippen molar-refractivity contribution in [1.82, 2.24) is 24.7 Å². The zero-order valence-corrected chi connectivity index (χ0v) is 13.2. The molecule has 7 nitrogen and oxygen atoms in total. The second kappa shape index (κ2) is 6.72. The van der Waals surface area contributed by atoms with E-state index in [1.54, 1.807) is 12.7 Å². The van der Waals surface area contributed by atoms with Crippen LogP contribution in [0.1, 0.15) is 37.9 Å². The Balaban J connectivity index is 1.66. The van der Waals surface area contributed by atoms with E-state index in [2.05, 4.69) is 37.2 Å². The molecule has 1 saturated heterocycles. The zero-order chi connectivity index (χ0) is 15.4. The number of anilines is 2. The van der Waals surface area contributed by atoms with Crippen molar-refractivity contribution in [2.75, 3.05) is 29.9 Å². The van der Waals surface area contributed by atoms with Crippen LogP contribution in [0.25, 0.3) is 0 Å². The molecule has 2 aromatic heterocycles. The molecule has 2 aromatic rings. The molecule has 0 radical (unpaired) electrons. The molecular formula is C15H23N7. The van der Waals surface area contributed by atoms with Crippen LogP contribution in [0.15, 0.2) is 18.7 Å². The highest BCUT2D eigenvalue weighted by atomic mass is 15.3. The molecule has 0 unspecified atom stereocenters.